The van der Waals surface area contributed by atoms with Crippen LogP contribution in [0.3, 0.4) is 0 Å². The van der Waals surface area contributed by atoms with E-state index in [9.17, 15) is 19.1 Å². The van der Waals surface area contributed by atoms with Gasteiger partial charge in [-0.15, -0.1) is 10.2 Å². The van der Waals surface area contributed by atoms with Crippen LogP contribution in [0.2, 0.25) is 0 Å². The zero-order chi connectivity index (χ0) is 32.8. The van der Waals surface area contributed by atoms with Gasteiger partial charge in [-0.05, 0) is 72.9 Å². The highest BCUT2D eigenvalue weighted by molar-refractivity contribution is 8.00. The van der Waals surface area contributed by atoms with Crippen molar-refractivity contribution in [3.05, 3.63) is 94.8 Å². The van der Waals surface area contributed by atoms with E-state index < -0.39 is 17.7 Å². The fourth-order valence-corrected chi connectivity index (χ4v) is 6.72. The van der Waals surface area contributed by atoms with Crippen molar-refractivity contribution in [3.63, 3.8) is 0 Å². The van der Waals surface area contributed by atoms with Crippen LogP contribution in [0.15, 0.2) is 76.6 Å². The molecule has 2 heterocycles. The number of halogens is 1. The van der Waals surface area contributed by atoms with Crippen LogP contribution >= 0.6 is 23.1 Å². The van der Waals surface area contributed by atoms with Crippen molar-refractivity contribution in [2.75, 3.05) is 25.2 Å². The first-order valence-corrected chi connectivity index (χ1v) is 16.6. The highest BCUT2D eigenvalue weighted by Gasteiger charge is 2.48. The number of methoxy groups -OCH3 is 1. The van der Waals surface area contributed by atoms with Crippen LogP contribution in [-0.2, 0) is 15.3 Å². The highest BCUT2D eigenvalue weighted by Crippen LogP contribution is 2.45. The van der Waals surface area contributed by atoms with Crippen molar-refractivity contribution in [1.82, 2.24) is 10.2 Å². The number of hydrogen-bond acceptors (Lipinski definition) is 10. The molecule has 1 N–H and O–H groups in total. The van der Waals surface area contributed by atoms with Gasteiger partial charge < -0.3 is 19.3 Å². The lowest BCUT2D eigenvalue weighted by atomic mass is 9.95. The molecule has 1 aromatic heterocycles. The number of aliphatic hydroxyl groups is 1. The number of ether oxygens (including phenoxy) is 3. The maximum absolute atomic E-state index is 14.2. The fourth-order valence-electron chi connectivity index (χ4n) is 4.87. The van der Waals surface area contributed by atoms with Gasteiger partial charge >= 0.3 is 5.91 Å². The summed E-state index contributed by atoms with van der Waals surface area (Å²) in [5, 5.41) is 20.1. The van der Waals surface area contributed by atoms with Gasteiger partial charge in [0.1, 0.15) is 17.3 Å². The molecule has 9 nitrogen and oxygen atoms in total. The van der Waals surface area contributed by atoms with Gasteiger partial charge in [-0.25, -0.2) is 4.39 Å². The largest absolute Gasteiger partial charge is 0.507 e. The standard InChI is InChI=1S/C34H34FN3O6S2/c1-5-43-24-13-10-21(11-14-24)30(39)28-29(22-12-15-26(27(18-22)42-4)44-17-16-20(2)3)38(32(41)31(28)40)33-36-37-34(46-33)45-19-23-8-6-7-9-25(23)35/h6-15,18,20,29,39H,5,16-17,19H2,1-4H3/b30-28-. The highest BCUT2D eigenvalue weighted by atomic mass is 32.2. The number of ketones is 1. The SMILES string of the molecule is CCOc1ccc(/C(O)=C2/C(=O)C(=O)N(c3nnc(SCc4ccccc4F)s3)C2c2ccc(OCCC(C)C)c(OC)c2)cc1. The summed E-state index contributed by atoms with van der Waals surface area (Å²) in [7, 11) is 1.51. The number of rotatable bonds is 13. The number of aromatic nitrogens is 2. The van der Waals surface area contributed by atoms with Crippen LogP contribution in [-0.4, -0.2) is 47.3 Å². The second-order valence-electron chi connectivity index (χ2n) is 10.8. The number of benzene rings is 3. The Morgan fingerprint density at radius 1 is 1.04 bits per heavy atom. The van der Waals surface area contributed by atoms with Gasteiger partial charge in [-0.2, -0.15) is 0 Å². The number of aliphatic hydroxyl groups excluding tert-OH is 1. The molecule has 4 aromatic rings. The van der Waals surface area contributed by atoms with Crippen molar-refractivity contribution >= 4 is 45.7 Å². The molecule has 240 valence electrons. The van der Waals surface area contributed by atoms with E-state index in [0.717, 1.165) is 17.8 Å². The third-order valence-corrected chi connectivity index (χ3v) is 9.35. The van der Waals surface area contributed by atoms with Gasteiger partial charge in [0.2, 0.25) is 5.13 Å². The average Bonchev–Trinajstić information content (AvgIpc) is 3.62. The lowest BCUT2D eigenvalue weighted by Gasteiger charge is -2.23. The number of amides is 1. The zero-order valence-electron chi connectivity index (χ0n) is 25.9. The van der Waals surface area contributed by atoms with E-state index >= 15 is 0 Å². The summed E-state index contributed by atoms with van der Waals surface area (Å²) >= 11 is 2.36. The molecule has 46 heavy (non-hydrogen) atoms. The molecule has 0 spiro atoms. The Labute approximate surface area is 275 Å². The summed E-state index contributed by atoms with van der Waals surface area (Å²) in [4.78, 5) is 28.6. The van der Waals surface area contributed by atoms with Crippen LogP contribution in [0.1, 0.15) is 49.9 Å². The molecule has 0 bridgehead atoms. The summed E-state index contributed by atoms with van der Waals surface area (Å²) in [5.41, 5.74) is 1.23. The Bertz CT molecular complexity index is 1740. The number of hydrogen-bond donors (Lipinski definition) is 1. The first-order chi connectivity index (χ1) is 22.2. The van der Waals surface area contributed by atoms with Crippen molar-refractivity contribution in [2.45, 2.75) is 43.3 Å². The maximum atomic E-state index is 14.2. The van der Waals surface area contributed by atoms with E-state index in [4.69, 9.17) is 14.2 Å². The van der Waals surface area contributed by atoms with Crippen LogP contribution in [0.5, 0.6) is 17.2 Å². The lowest BCUT2D eigenvalue weighted by molar-refractivity contribution is -0.132. The number of anilines is 1. The quantitative estimate of drug-likeness (QED) is 0.0513. The fraction of sp³-hybridized carbons (Fsp3) is 0.294. The molecule has 1 fully saturated rings. The van der Waals surface area contributed by atoms with Gasteiger partial charge in [0.15, 0.2) is 15.8 Å². The molecule has 0 saturated carbocycles. The van der Waals surface area contributed by atoms with E-state index in [1.165, 1.54) is 29.8 Å². The van der Waals surface area contributed by atoms with E-state index in [0.29, 0.717) is 63.2 Å². The van der Waals surface area contributed by atoms with Crippen LogP contribution < -0.4 is 19.1 Å². The third-order valence-electron chi connectivity index (χ3n) is 7.25. The zero-order valence-corrected chi connectivity index (χ0v) is 27.5. The Hall–Kier alpha value is -4.42. The number of carbonyl (C=O) groups is 2. The Morgan fingerprint density at radius 3 is 2.50 bits per heavy atom. The first kappa shape index (κ1) is 33.0. The Balaban J connectivity index is 1.55. The molecule has 3 aromatic carbocycles. The van der Waals surface area contributed by atoms with Crippen molar-refractivity contribution < 1.29 is 33.3 Å². The predicted molar refractivity (Wildman–Crippen MR) is 176 cm³/mol. The summed E-state index contributed by atoms with van der Waals surface area (Å²) in [6.45, 7) is 7.03. The van der Waals surface area contributed by atoms with Gasteiger partial charge in [0.05, 0.1) is 31.9 Å². The summed E-state index contributed by atoms with van der Waals surface area (Å²) in [6.07, 6.45) is 0.849. The molecular weight excluding hydrogens is 630 g/mol. The molecule has 12 heteroatoms. The van der Waals surface area contributed by atoms with Gasteiger partial charge in [0.25, 0.3) is 5.78 Å². The summed E-state index contributed by atoms with van der Waals surface area (Å²) in [6, 6.07) is 17.2. The molecule has 1 amide bonds. The molecule has 0 radical (unpaired) electrons. The van der Waals surface area contributed by atoms with E-state index in [2.05, 4.69) is 24.0 Å². The van der Waals surface area contributed by atoms with Crippen molar-refractivity contribution in [1.29, 1.82) is 0 Å². The van der Waals surface area contributed by atoms with Crippen LogP contribution in [0.4, 0.5) is 9.52 Å². The maximum Gasteiger partial charge on any atom is 0.301 e. The van der Waals surface area contributed by atoms with Gasteiger partial charge in [-0.1, -0.05) is 61.2 Å². The molecule has 1 atom stereocenters. The van der Waals surface area contributed by atoms with E-state index in [1.807, 2.05) is 6.92 Å². The van der Waals surface area contributed by atoms with Crippen molar-refractivity contribution in [3.8, 4) is 17.2 Å². The van der Waals surface area contributed by atoms with E-state index in [-0.39, 0.29) is 22.3 Å². The second kappa shape index (κ2) is 14.8. The minimum atomic E-state index is -1.05. The molecule has 5 rings (SSSR count). The monoisotopic (exact) mass is 663 g/mol. The summed E-state index contributed by atoms with van der Waals surface area (Å²) in [5.74, 6) is -0.133. The average molecular weight is 664 g/mol. The predicted octanol–water partition coefficient (Wildman–Crippen LogP) is 7.43. The third kappa shape index (κ3) is 7.18. The molecule has 1 aliphatic rings. The minimum Gasteiger partial charge on any atom is -0.507 e. The Morgan fingerprint density at radius 2 is 1.80 bits per heavy atom. The number of Topliss-reactive ketones (excluding diaryl/α,β-unsaturated/α-hetero) is 1. The first-order valence-electron chi connectivity index (χ1n) is 14.8. The topological polar surface area (TPSA) is 111 Å². The summed E-state index contributed by atoms with van der Waals surface area (Å²) < 4.78 is 31.8. The van der Waals surface area contributed by atoms with Crippen molar-refractivity contribution in [2.24, 2.45) is 5.92 Å². The van der Waals surface area contributed by atoms with Crippen LogP contribution in [0.25, 0.3) is 5.76 Å². The van der Waals surface area contributed by atoms with Crippen LogP contribution in [0, 0.1) is 11.7 Å². The number of thioether (sulfide) groups is 1. The molecule has 1 aliphatic heterocycles. The van der Waals surface area contributed by atoms with Gasteiger partial charge in [0, 0.05) is 11.3 Å². The normalized spacial score (nSPS) is 15.9. The molecular formula is C34H34FN3O6S2. The lowest BCUT2D eigenvalue weighted by Crippen LogP contribution is -2.29. The van der Waals surface area contributed by atoms with Gasteiger partial charge in [-0.3, -0.25) is 14.5 Å². The minimum absolute atomic E-state index is 0.111. The smallest absolute Gasteiger partial charge is 0.301 e. The number of nitrogens with zero attached hydrogens (tertiary/aromatic N) is 3. The molecule has 0 aliphatic carbocycles. The Kier molecular flexibility index (Phi) is 10.6. The number of carbonyl (C=O) groups excluding carboxylic acids is 2. The second-order valence-corrected chi connectivity index (χ2v) is 13.0. The van der Waals surface area contributed by atoms with E-state index in [1.54, 1.807) is 60.7 Å². The molecule has 1 unspecified atom stereocenters. The molecule has 1 saturated heterocycles.